The molecule has 5 rings (SSSR count). The van der Waals surface area contributed by atoms with E-state index in [-0.39, 0.29) is 11.6 Å². The number of anilines is 1. The van der Waals surface area contributed by atoms with Crippen LogP contribution in [0.2, 0.25) is 0 Å². The van der Waals surface area contributed by atoms with Gasteiger partial charge >= 0.3 is 6.18 Å². The van der Waals surface area contributed by atoms with Crippen molar-refractivity contribution in [3.63, 3.8) is 0 Å². The maximum atomic E-state index is 13.2. The molecular weight excluding hydrogens is 359 g/mol. The number of alkyl halides is 3. The molecule has 27 heavy (non-hydrogen) atoms. The smallest absolute Gasteiger partial charge is 0.373 e. The van der Waals surface area contributed by atoms with Crippen molar-refractivity contribution in [2.45, 2.75) is 24.7 Å². The third kappa shape index (κ3) is 2.65. The first-order chi connectivity index (χ1) is 12.9. The van der Waals surface area contributed by atoms with Crippen molar-refractivity contribution in [1.29, 1.82) is 0 Å². The maximum Gasteiger partial charge on any atom is 0.433 e. The minimum Gasteiger partial charge on any atom is -0.373 e. The lowest BCUT2D eigenvalue weighted by molar-refractivity contribution is -0.141. The Kier molecular flexibility index (Phi) is 3.47. The molecule has 0 aliphatic carbocycles. The molecule has 2 aliphatic heterocycles. The molecule has 0 radical (unpaired) electrons. The van der Waals surface area contributed by atoms with Crippen LogP contribution in [0.25, 0.3) is 16.9 Å². The van der Waals surface area contributed by atoms with E-state index in [4.69, 9.17) is 0 Å². The standard InChI is InChI=1S/C18H16F3N5O/c19-18(20,21)14-4-3-13-17(25-14)26(16(24-13)10-7-22-8-10)11-1-2-12-9(5-11)6-15(27)23-12/h1-5,10,15,22-23,27H,6-8H2. The first-order valence-electron chi connectivity index (χ1n) is 8.65. The normalized spacial score (nSPS) is 19.8. The van der Waals surface area contributed by atoms with Crippen LogP contribution in [0.5, 0.6) is 0 Å². The van der Waals surface area contributed by atoms with Crippen LogP contribution in [0.4, 0.5) is 18.9 Å². The Balaban J connectivity index is 1.72. The van der Waals surface area contributed by atoms with E-state index in [1.165, 1.54) is 6.07 Å². The predicted molar refractivity (Wildman–Crippen MR) is 92.8 cm³/mol. The van der Waals surface area contributed by atoms with Crippen molar-refractivity contribution in [1.82, 2.24) is 19.9 Å². The van der Waals surface area contributed by atoms with Crippen molar-refractivity contribution in [2.24, 2.45) is 0 Å². The minimum absolute atomic E-state index is 0.116. The highest BCUT2D eigenvalue weighted by Gasteiger charge is 2.34. The monoisotopic (exact) mass is 375 g/mol. The SMILES string of the molecule is OC1Cc2cc(-n3c(C4CNC4)nc4ccc(C(F)(F)F)nc43)ccc2N1. The van der Waals surface area contributed by atoms with Crippen LogP contribution < -0.4 is 10.6 Å². The van der Waals surface area contributed by atoms with Crippen LogP contribution in [0.15, 0.2) is 30.3 Å². The van der Waals surface area contributed by atoms with Crippen LogP contribution >= 0.6 is 0 Å². The molecule has 4 heterocycles. The second kappa shape index (κ2) is 5.67. The lowest BCUT2D eigenvalue weighted by atomic mass is 10.0. The van der Waals surface area contributed by atoms with Gasteiger partial charge in [-0.2, -0.15) is 13.2 Å². The largest absolute Gasteiger partial charge is 0.433 e. The highest BCUT2D eigenvalue weighted by molar-refractivity contribution is 5.75. The molecule has 1 unspecified atom stereocenters. The topological polar surface area (TPSA) is 75.0 Å². The summed E-state index contributed by atoms with van der Waals surface area (Å²) in [7, 11) is 0. The van der Waals surface area contributed by atoms with E-state index in [0.29, 0.717) is 23.4 Å². The fraction of sp³-hybridized carbons (Fsp3) is 0.333. The van der Waals surface area contributed by atoms with E-state index >= 15 is 0 Å². The number of halogens is 3. The van der Waals surface area contributed by atoms with Crippen LogP contribution in [0.3, 0.4) is 0 Å². The van der Waals surface area contributed by atoms with Gasteiger partial charge in [-0.25, -0.2) is 9.97 Å². The van der Waals surface area contributed by atoms with Crippen molar-refractivity contribution in [3.05, 3.63) is 47.4 Å². The average Bonchev–Trinajstić information content (AvgIpc) is 3.10. The number of nitrogens with one attached hydrogen (secondary N) is 2. The quantitative estimate of drug-likeness (QED) is 0.642. The first-order valence-corrected chi connectivity index (χ1v) is 8.65. The summed E-state index contributed by atoms with van der Waals surface area (Å²) in [5.74, 6) is 0.813. The third-order valence-corrected chi connectivity index (χ3v) is 5.05. The zero-order chi connectivity index (χ0) is 18.8. The van der Waals surface area contributed by atoms with Gasteiger partial charge in [0.05, 0.1) is 0 Å². The Labute approximate surface area is 152 Å². The number of hydrogen-bond donors (Lipinski definition) is 3. The number of rotatable bonds is 2. The highest BCUT2D eigenvalue weighted by Crippen LogP contribution is 2.34. The van der Waals surface area contributed by atoms with E-state index in [0.717, 1.165) is 30.4 Å². The van der Waals surface area contributed by atoms with Crippen molar-refractivity contribution in [3.8, 4) is 5.69 Å². The lowest BCUT2D eigenvalue weighted by Crippen LogP contribution is -2.41. The highest BCUT2D eigenvalue weighted by atomic mass is 19.4. The molecule has 1 aromatic carbocycles. The van der Waals surface area contributed by atoms with Crippen molar-refractivity contribution >= 4 is 16.9 Å². The van der Waals surface area contributed by atoms with E-state index in [2.05, 4.69) is 20.6 Å². The molecule has 0 bridgehead atoms. The summed E-state index contributed by atoms with van der Waals surface area (Å²) in [6.07, 6.45) is -4.73. The molecule has 140 valence electrons. The number of benzene rings is 1. The maximum absolute atomic E-state index is 13.2. The van der Waals surface area contributed by atoms with Gasteiger partial charge in [0.1, 0.15) is 23.3 Å². The molecular formula is C18H16F3N5O. The number of aliphatic hydroxyl groups is 1. The van der Waals surface area contributed by atoms with E-state index in [1.54, 1.807) is 4.57 Å². The summed E-state index contributed by atoms with van der Waals surface area (Å²) < 4.78 is 41.2. The Morgan fingerprint density at radius 3 is 2.63 bits per heavy atom. The lowest BCUT2D eigenvalue weighted by Gasteiger charge is -2.27. The molecule has 1 atom stereocenters. The predicted octanol–water partition coefficient (Wildman–Crippen LogP) is 2.41. The van der Waals surface area contributed by atoms with Gasteiger partial charge in [-0.1, -0.05) is 0 Å². The number of imidazole rings is 1. The van der Waals surface area contributed by atoms with E-state index < -0.39 is 18.1 Å². The summed E-state index contributed by atoms with van der Waals surface area (Å²) in [6.45, 7) is 1.45. The van der Waals surface area contributed by atoms with E-state index in [9.17, 15) is 18.3 Å². The fourth-order valence-corrected chi connectivity index (χ4v) is 3.60. The number of fused-ring (bicyclic) bond motifs is 2. The van der Waals surface area contributed by atoms with Gasteiger partial charge in [-0.3, -0.25) is 4.57 Å². The van der Waals surface area contributed by atoms with Crippen molar-refractivity contribution < 1.29 is 18.3 Å². The van der Waals surface area contributed by atoms with Gasteiger partial charge in [-0.05, 0) is 35.9 Å². The Bertz CT molecular complexity index is 1040. The Morgan fingerprint density at radius 1 is 1.11 bits per heavy atom. The van der Waals surface area contributed by atoms with Gasteiger partial charge < -0.3 is 15.7 Å². The summed E-state index contributed by atoms with van der Waals surface area (Å²) in [5, 5.41) is 15.9. The van der Waals surface area contributed by atoms with E-state index in [1.807, 2.05) is 18.2 Å². The Hall–Kier alpha value is -2.65. The van der Waals surface area contributed by atoms with Crippen molar-refractivity contribution in [2.75, 3.05) is 18.4 Å². The summed E-state index contributed by atoms with van der Waals surface area (Å²) in [5.41, 5.74) is 2.12. The number of pyridine rings is 1. The van der Waals surface area contributed by atoms with Crippen LogP contribution in [0.1, 0.15) is 23.0 Å². The van der Waals surface area contributed by atoms with Gasteiger partial charge in [0.15, 0.2) is 5.65 Å². The zero-order valence-corrected chi connectivity index (χ0v) is 14.1. The molecule has 0 spiro atoms. The third-order valence-electron chi connectivity index (χ3n) is 5.05. The number of hydrogen-bond acceptors (Lipinski definition) is 5. The molecule has 2 aromatic heterocycles. The zero-order valence-electron chi connectivity index (χ0n) is 14.1. The molecule has 1 saturated heterocycles. The second-order valence-corrected chi connectivity index (χ2v) is 6.90. The minimum atomic E-state index is -4.52. The molecule has 3 N–H and O–H groups in total. The molecule has 3 aromatic rings. The number of nitrogens with zero attached hydrogens (tertiary/aromatic N) is 3. The van der Waals surface area contributed by atoms with Gasteiger partial charge in [0.25, 0.3) is 0 Å². The second-order valence-electron chi connectivity index (χ2n) is 6.90. The molecule has 6 nitrogen and oxygen atoms in total. The number of aromatic nitrogens is 3. The van der Waals surface area contributed by atoms with Crippen LogP contribution in [0, 0.1) is 0 Å². The van der Waals surface area contributed by atoms with Crippen LogP contribution in [-0.4, -0.2) is 39.0 Å². The molecule has 2 aliphatic rings. The average molecular weight is 375 g/mol. The summed E-state index contributed by atoms with van der Waals surface area (Å²) in [4.78, 5) is 8.45. The van der Waals surface area contributed by atoms with Gasteiger partial charge in [0.2, 0.25) is 0 Å². The molecule has 9 heteroatoms. The molecule has 0 amide bonds. The molecule has 0 saturated carbocycles. The summed E-state index contributed by atoms with van der Waals surface area (Å²) >= 11 is 0. The van der Waals surface area contributed by atoms with Gasteiger partial charge in [-0.15, -0.1) is 0 Å². The van der Waals surface area contributed by atoms with Gasteiger partial charge in [0, 0.05) is 36.8 Å². The first kappa shape index (κ1) is 16.5. The fourth-order valence-electron chi connectivity index (χ4n) is 3.60. The Morgan fingerprint density at radius 2 is 1.93 bits per heavy atom. The summed E-state index contributed by atoms with van der Waals surface area (Å²) in [6, 6.07) is 7.84. The van der Waals surface area contributed by atoms with Crippen LogP contribution in [-0.2, 0) is 12.6 Å². The number of aliphatic hydroxyl groups excluding tert-OH is 1. The molecule has 1 fully saturated rings.